The Kier molecular flexibility index (Phi) is 7.82. The summed E-state index contributed by atoms with van der Waals surface area (Å²) in [6.45, 7) is 0.700. The van der Waals surface area contributed by atoms with Crippen molar-refractivity contribution in [2.24, 2.45) is 0 Å². The number of hydrogen-bond acceptors (Lipinski definition) is 7. The molecule has 0 aliphatic carbocycles. The highest BCUT2D eigenvalue weighted by atomic mass is 19.1. The van der Waals surface area contributed by atoms with E-state index in [1.807, 2.05) is 0 Å². The van der Waals surface area contributed by atoms with Gasteiger partial charge >= 0.3 is 6.09 Å². The number of likely N-dealkylation sites (tertiary alicyclic amines) is 1. The number of amides is 4. The molecule has 7 rings (SSSR count). The zero-order chi connectivity index (χ0) is 29.9. The molecule has 11 nitrogen and oxygen atoms in total. The minimum absolute atomic E-state index is 0.100. The standard InChI is InChI=1S/C31H29FN4O7/c32-25-9-6-21-13-24(25)30(39)34-26-15-36(29(38)17-35-10-11-41-31(35)40)16-27(26)43-22-7-4-19(5-8-22)14-33-28(37)18-42-23-3-1-2-20(21)12-23/h1-9,12-13,26-27H,10-11,14-18H2,(H,33,37)(H,34,39)/t26-,27-/m0/s1. The highest BCUT2D eigenvalue weighted by molar-refractivity contribution is 5.96. The quantitative estimate of drug-likeness (QED) is 0.471. The van der Waals surface area contributed by atoms with E-state index in [1.54, 1.807) is 54.6 Å². The van der Waals surface area contributed by atoms with E-state index in [-0.39, 0.29) is 56.8 Å². The Bertz CT molecular complexity index is 1560. The zero-order valence-corrected chi connectivity index (χ0v) is 23.1. The average molecular weight is 589 g/mol. The van der Waals surface area contributed by atoms with Crippen LogP contribution in [0, 0.1) is 5.82 Å². The molecule has 222 valence electrons. The van der Waals surface area contributed by atoms with E-state index >= 15 is 0 Å². The van der Waals surface area contributed by atoms with Crippen LogP contribution in [-0.4, -0.2) is 85.2 Å². The highest BCUT2D eigenvalue weighted by Crippen LogP contribution is 2.27. The van der Waals surface area contributed by atoms with Gasteiger partial charge in [-0.25, -0.2) is 9.18 Å². The van der Waals surface area contributed by atoms with E-state index in [9.17, 15) is 23.6 Å². The van der Waals surface area contributed by atoms with Crippen molar-refractivity contribution < 1.29 is 37.8 Å². The molecular weight excluding hydrogens is 559 g/mol. The monoisotopic (exact) mass is 588 g/mol. The molecule has 4 aliphatic rings. The average Bonchev–Trinajstić information content (AvgIpc) is 3.60. The van der Waals surface area contributed by atoms with Crippen LogP contribution in [0.1, 0.15) is 15.9 Å². The predicted molar refractivity (Wildman–Crippen MR) is 151 cm³/mol. The minimum atomic E-state index is -0.709. The molecule has 0 spiro atoms. The van der Waals surface area contributed by atoms with E-state index in [1.165, 1.54) is 21.9 Å². The van der Waals surface area contributed by atoms with Gasteiger partial charge in [0.1, 0.15) is 36.6 Å². The largest absolute Gasteiger partial charge is 0.486 e. The maximum atomic E-state index is 15.0. The van der Waals surface area contributed by atoms with Crippen molar-refractivity contribution in [2.75, 3.05) is 39.4 Å². The van der Waals surface area contributed by atoms with Crippen molar-refractivity contribution >= 4 is 23.8 Å². The minimum Gasteiger partial charge on any atom is -0.486 e. The van der Waals surface area contributed by atoms with Gasteiger partial charge in [-0.15, -0.1) is 0 Å². The van der Waals surface area contributed by atoms with Crippen LogP contribution in [0.15, 0.2) is 66.7 Å². The molecule has 43 heavy (non-hydrogen) atoms. The summed E-state index contributed by atoms with van der Waals surface area (Å²) in [5.74, 6) is -1.07. The normalized spacial score (nSPS) is 20.3. The van der Waals surface area contributed by atoms with E-state index in [4.69, 9.17) is 14.2 Å². The van der Waals surface area contributed by atoms with Gasteiger partial charge in [0.25, 0.3) is 11.8 Å². The number of rotatable bonds is 2. The second-order valence-electron chi connectivity index (χ2n) is 10.5. The van der Waals surface area contributed by atoms with Crippen molar-refractivity contribution in [1.29, 1.82) is 0 Å². The molecule has 0 aromatic heterocycles. The van der Waals surface area contributed by atoms with Crippen molar-refractivity contribution in [3.63, 3.8) is 0 Å². The third-order valence-electron chi connectivity index (χ3n) is 7.56. The summed E-state index contributed by atoms with van der Waals surface area (Å²) in [7, 11) is 0. The van der Waals surface area contributed by atoms with Crippen molar-refractivity contribution in [3.05, 3.63) is 83.7 Å². The fourth-order valence-corrected chi connectivity index (χ4v) is 5.22. The van der Waals surface area contributed by atoms with Crippen LogP contribution in [-0.2, 0) is 20.9 Å². The number of halogens is 1. The number of nitrogens with one attached hydrogen (secondary N) is 2. The van der Waals surface area contributed by atoms with Gasteiger partial charge in [0.2, 0.25) is 5.91 Å². The molecular formula is C31H29FN4O7. The third kappa shape index (κ3) is 6.37. The van der Waals surface area contributed by atoms with Crippen LogP contribution >= 0.6 is 0 Å². The molecule has 4 aliphatic heterocycles. The molecule has 2 atom stereocenters. The number of fused-ring (bicyclic) bond motifs is 7. The molecule has 0 saturated carbocycles. The lowest BCUT2D eigenvalue weighted by molar-refractivity contribution is -0.131. The third-order valence-corrected chi connectivity index (χ3v) is 7.56. The molecule has 4 amide bonds. The molecule has 2 fully saturated rings. The van der Waals surface area contributed by atoms with Gasteiger partial charge in [0.05, 0.1) is 24.7 Å². The van der Waals surface area contributed by atoms with Crippen LogP contribution in [0.5, 0.6) is 11.5 Å². The summed E-state index contributed by atoms with van der Waals surface area (Å²) in [4.78, 5) is 53.7. The van der Waals surface area contributed by atoms with Gasteiger partial charge in [-0.3, -0.25) is 19.3 Å². The molecule has 0 radical (unpaired) electrons. The lowest BCUT2D eigenvalue weighted by Gasteiger charge is -2.21. The smallest absolute Gasteiger partial charge is 0.410 e. The van der Waals surface area contributed by atoms with E-state index < -0.39 is 30.0 Å². The van der Waals surface area contributed by atoms with Crippen LogP contribution in [0.2, 0.25) is 0 Å². The summed E-state index contributed by atoms with van der Waals surface area (Å²) < 4.78 is 31.8. The second-order valence-corrected chi connectivity index (χ2v) is 10.5. The number of cyclic esters (lactones) is 1. The Morgan fingerprint density at radius 2 is 1.74 bits per heavy atom. The van der Waals surface area contributed by atoms with E-state index in [0.29, 0.717) is 29.2 Å². The number of ether oxygens (including phenoxy) is 3. The Labute approximate surface area is 246 Å². The molecule has 3 aromatic rings. The Hall–Kier alpha value is -5.13. The topological polar surface area (TPSA) is 127 Å². The summed E-state index contributed by atoms with van der Waals surface area (Å²) in [5.41, 5.74) is 1.89. The van der Waals surface area contributed by atoms with Crippen molar-refractivity contribution in [1.82, 2.24) is 20.4 Å². The Morgan fingerprint density at radius 1 is 0.930 bits per heavy atom. The SMILES string of the molecule is O=C1COc2cccc(c2)-c2ccc(F)c(c2)C(=O)N[C@H]2CN(C(=O)CN3CCOC3=O)C[C@@H]2Oc2ccc(cc2)CN1. The first-order chi connectivity index (χ1) is 20.8. The van der Waals surface area contributed by atoms with Gasteiger partial charge in [-0.2, -0.15) is 0 Å². The fourth-order valence-electron chi connectivity index (χ4n) is 5.22. The molecule has 12 heteroatoms. The number of nitrogens with zero attached hydrogens (tertiary/aromatic N) is 2. The van der Waals surface area contributed by atoms with Gasteiger partial charge in [-0.1, -0.05) is 30.3 Å². The maximum absolute atomic E-state index is 15.0. The highest BCUT2D eigenvalue weighted by Gasteiger charge is 2.39. The summed E-state index contributed by atoms with van der Waals surface area (Å²) in [5, 5.41) is 5.68. The number of carbonyl (C=O) groups is 4. The second kappa shape index (κ2) is 12.0. The maximum Gasteiger partial charge on any atom is 0.410 e. The molecule has 6 bridgehead atoms. The zero-order valence-electron chi connectivity index (χ0n) is 23.1. The van der Waals surface area contributed by atoms with Gasteiger partial charge in [0, 0.05) is 13.1 Å². The van der Waals surface area contributed by atoms with Crippen molar-refractivity contribution in [3.8, 4) is 22.6 Å². The van der Waals surface area contributed by atoms with Gasteiger partial charge in [0.15, 0.2) is 6.61 Å². The first kappa shape index (κ1) is 28.0. The molecule has 2 saturated heterocycles. The lowest BCUT2D eigenvalue weighted by Crippen LogP contribution is -2.45. The van der Waals surface area contributed by atoms with Crippen LogP contribution in [0.25, 0.3) is 11.1 Å². The summed E-state index contributed by atoms with van der Waals surface area (Å²) >= 11 is 0. The van der Waals surface area contributed by atoms with Gasteiger partial charge in [-0.05, 0) is 53.1 Å². The lowest BCUT2D eigenvalue weighted by atomic mass is 10.0. The van der Waals surface area contributed by atoms with Crippen LogP contribution in [0.4, 0.5) is 9.18 Å². The molecule has 0 unspecified atom stereocenters. The van der Waals surface area contributed by atoms with Crippen LogP contribution < -0.4 is 20.1 Å². The summed E-state index contributed by atoms with van der Waals surface area (Å²) in [6, 6.07) is 17.5. The molecule has 4 heterocycles. The van der Waals surface area contributed by atoms with Crippen LogP contribution in [0.3, 0.4) is 0 Å². The van der Waals surface area contributed by atoms with Crippen molar-refractivity contribution in [2.45, 2.75) is 18.7 Å². The Balaban J connectivity index is 1.30. The van der Waals surface area contributed by atoms with E-state index in [2.05, 4.69) is 10.6 Å². The Morgan fingerprint density at radius 3 is 2.53 bits per heavy atom. The molecule has 2 N–H and O–H groups in total. The van der Waals surface area contributed by atoms with Gasteiger partial charge < -0.3 is 29.7 Å². The fraction of sp³-hybridized carbons (Fsp3) is 0.290. The predicted octanol–water partition coefficient (Wildman–Crippen LogP) is 2.34. The number of carbonyl (C=O) groups excluding carboxylic acids is 4. The number of hydrogen-bond donors (Lipinski definition) is 2. The summed E-state index contributed by atoms with van der Waals surface area (Å²) in [6.07, 6.45) is -1.21. The molecule has 3 aromatic carbocycles. The first-order valence-electron chi connectivity index (χ1n) is 13.9. The van der Waals surface area contributed by atoms with E-state index in [0.717, 1.165) is 5.56 Å². The number of benzene rings is 3. The first-order valence-corrected chi connectivity index (χ1v) is 13.9.